The van der Waals surface area contributed by atoms with E-state index in [1.165, 1.54) is 12.1 Å². The maximum absolute atomic E-state index is 13.3. The van der Waals surface area contributed by atoms with E-state index in [4.69, 9.17) is 4.74 Å². The number of rotatable bonds is 9. The fraction of sp³-hybridized carbons (Fsp3) is 0.115. The highest BCUT2D eigenvalue weighted by Crippen LogP contribution is 2.25. The molecule has 6 nitrogen and oxygen atoms in total. The minimum atomic E-state index is -3.92. The first-order valence-electron chi connectivity index (χ1n) is 10.7. The maximum Gasteiger partial charge on any atom is 0.264 e. The third-order valence-electron chi connectivity index (χ3n) is 5.16. The van der Waals surface area contributed by atoms with Gasteiger partial charge in [0.2, 0.25) is 5.91 Å². The normalized spacial score (nSPS) is 11.2. The number of anilines is 1. The van der Waals surface area contributed by atoms with E-state index in [-0.39, 0.29) is 24.6 Å². The summed E-state index contributed by atoms with van der Waals surface area (Å²) in [5.74, 6) is 0.319. The van der Waals surface area contributed by atoms with E-state index < -0.39 is 15.9 Å². The molecule has 4 rings (SSSR count). The summed E-state index contributed by atoms with van der Waals surface area (Å²) in [6, 6.07) is 28.8. The lowest BCUT2D eigenvalue weighted by molar-refractivity contribution is -0.119. The molecule has 0 atom stereocenters. The second kappa shape index (κ2) is 10.9. The molecule has 0 saturated carbocycles. The molecule has 0 aliphatic rings. The smallest absolute Gasteiger partial charge is 0.264 e. The number of ether oxygens (including phenoxy) is 1. The lowest BCUT2D eigenvalue weighted by Gasteiger charge is -2.24. The quantitative estimate of drug-likeness (QED) is 0.225. The molecule has 174 valence electrons. The highest BCUT2D eigenvalue weighted by atomic mass is 127. The minimum absolute atomic E-state index is 0.126. The number of hydrogen-bond acceptors (Lipinski definition) is 4. The van der Waals surface area contributed by atoms with Gasteiger partial charge in [0.15, 0.2) is 0 Å². The topological polar surface area (TPSA) is 75.7 Å². The average Bonchev–Trinajstić information content (AvgIpc) is 2.86. The van der Waals surface area contributed by atoms with Crippen LogP contribution >= 0.6 is 22.6 Å². The predicted molar refractivity (Wildman–Crippen MR) is 143 cm³/mol. The number of hydrogen-bond donors (Lipinski definition) is 1. The van der Waals surface area contributed by atoms with Gasteiger partial charge in [-0.3, -0.25) is 9.10 Å². The summed E-state index contributed by atoms with van der Waals surface area (Å²) >= 11 is 2.15. The zero-order valence-electron chi connectivity index (χ0n) is 18.2. The summed E-state index contributed by atoms with van der Waals surface area (Å²) in [4.78, 5) is 12.8. The average molecular weight is 586 g/mol. The number of amides is 1. The third kappa shape index (κ3) is 5.68. The van der Waals surface area contributed by atoms with Crippen LogP contribution in [0.3, 0.4) is 0 Å². The van der Waals surface area contributed by atoms with Gasteiger partial charge in [-0.25, -0.2) is 8.42 Å². The molecule has 0 fully saturated rings. The van der Waals surface area contributed by atoms with Crippen molar-refractivity contribution in [3.8, 4) is 5.75 Å². The Morgan fingerprint density at radius 3 is 2.29 bits per heavy atom. The number of benzene rings is 4. The Bertz CT molecular complexity index is 1370. The molecule has 0 spiro atoms. The molecule has 0 aliphatic carbocycles. The molecule has 0 unspecified atom stereocenters. The van der Waals surface area contributed by atoms with Crippen molar-refractivity contribution in [1.29, 1.82) is 0 Å². The van der Waals surface area contributed by atoms with Crippen LogP contribution in [0.25, 0.3) is 10.8 Å². The summed E-state index contributed by atoms with van der Waals surface area (Å²) in [6.07, 6.45) is 0. The number of carbonyl (C=O) groups excluding carboxylic acids is 1. The Hall–Kier alpha value is -3.11. The Morgan fingerprint density at radius 2 is 1.53 bits per heavy atom. The van der Waals surface area contributed by atoms with Crippen molar-refractivity contribution < 1.29 is 17.9 Å². The van der Waals surface area contributed by atoms with Crippen LogP contribution in [0.15, 0.2) is 102 Å². The van der Waals surface area contributed by atoms with E-state index in [1.54, 1.807) is 42.5 Å². The van der Waals surface area contributed by atoms with Crippen molar-refractivity contribution >= 4 is 55.0 Å². The predicted octanol–water partition coefficient (Wildman–Crippen LogP) is 4.83. The van der Waals surface area contributed by atoms with Gasteiger partial charge in [0.1, 0.15) is 18.9 Å². The molecule has 4 aromatic rings. The van der Waals surface area contributed by atoms with Gasteiger partial charge in [-0.05, 0) is 70.4 Å². The lowest BCUT2D eigenvalue weighted by Crippen LogP contribution is -2.41. The van der Waals surface area contributed by atoms with Gasteiger partial charge in [-0.1, -0.05) is 54.6 Å². The molecule has 8 heteroatoms. The van der Waals surface area contributed by atoms with Crippen molar-refractivity contribution in [2.24, 2.45) is 0 Å². The second-order valence-corrected chi connectivity index (χ2v) is 10.6. The van der Waals surface area contributed by atoms with Crippen LogP contribution in [-0.4, -0.2) is 34.0 Å². The molecule has 0 aromatic heterocycles. The molecule has 1 N–H and O–H groups in total. The lowest BCUT2D eigenvalue weighted by atomic mass is 10.1. The number of nitrogens with one attached hydrogen (secondary N) is 1. The molecule has 1 amide bonds. The molecule has 0 radical (unpaired) electrons. The fourth-order valence-electron chi connectivity index (χ4n) is 3.50. The van der Waals surface area contributed by atoms with Crippen LogP contribution < -0.4 is 14.4 Å². The van der Waals surface area contributed by atoms with Crippen LogP contribution in [-0.2, 0) is 14.8 Å². The van der Waals surface area contributed by atoms with Crippen LogP contribution in [0, 0.1) is 3.57 Å². The van der Waals surface area contributed by atoms with Crippen molar-refractivity contribution in [2.75, 3.05) is 24.0 Å². The summed E-state index contributed by atoms with van der Waals surface area (Å²) < 4.78 is 34.6. The van der Waals surface area contributed by atoms with E-state index in [9.17, 15) is 13.2 Å². The zero-order chi connectivity index (χ0) is 24.0. The van der Waals surface area contributed by atoms with Crippen molar-refractivity contribution in [3.05, 3.63) is 101 Å². The van der Waals surface area contributed by atoms with Gasteiger partial charge in [0.25, 0.3) is 10.0 Å². The van der Waals surface area contributed by atoms with E-state index in [0.29, 0.717) is 5.69 Å². The van der Waals surface area contributed by atoms with Crippen LogP contribution in [0.5, 0.6) is 5.75 Å². The molecule has 0 aliphatic heterocycles. The minimum Gasteiger partial charge on any atom is -0.491 e. The van der Waals surface area contributed by atoms with Crippen molar-refractivity contribution in [2.45, 2.75) is 4.90 Å². The second-order valence-electron chi connectivity index (χ2n) is 7.48. The summed E-state index contributed by atoms with van der Waals surface area (Å²) in [7, 11) is -3.92. The Balaban J connectivity index is 1.43. The first-order chi connectivity index (χ1) is 16.4. The van der Waals surface area contributed by atoms with Gasteiger partial charge in [0, 0.05) is 8.96 Å². The zero-order valence-corrected chi connectivity index (χ0v) is 21.2. The Kier molecular flexibility index (Phi) is 7.69. The van der Waals surface area contributed by atoms with Crippen molar-refractivity contribution in [1.82, 2.24) is 5.32 Å². The standard InChI is InChI=1S/C26H23IN2O4S/c27-21-13-15-22(16-14-21)29(34(31,32)23-9-2-1-3-10-23)19-26(30)28-17-18-33-25-12-6-8-20-7-4-5-11-24(20)25/h1-16H,17-19H2,(H,28,30). The largest absolute Gasteiger partial charge is 0.491 e. The number of sulfonamides is 1. The number of halogens is 1. The Labute approximate surface area is 212 Å². The van der Waals surface area contributed by atoms with E-state index in [2.05, 4.69) is 27.9 Å². The number of carbonyl (C=O) groups is 1. The molecular formula is C26H23IN2O4S. The summed E-state index contributed by atoms with van der Waals surface area (Å²) in [5, 5.41) is 4.83. The highest BCUT2D eigenvalue weighted by molar-refractivity contribution is 14.1. The van der Waals surface area contributed by atoms with E-state index >= 15 is 0 Å². The summed E-state index contributed by atoms with van der Waals surface area (Å²) in [6.45, 7) is 0.161. The first kappa shape index (κ1) is 24.0. The highest BCUT2D eigenvalue weighted by Gasteiger charge is 2.27. The third-order valence-corrected chi connectivity index (χ3v) is 7.67. The van der Waals surface area contributed by atoms with Crippen LogP contribution in [0.2, 0.25) is 0 Å². The van der Waals surface area contributed by atoms with Crippen LogP contribution in [0.1, 0.15) is 0 Å². The maximum atomic E-state index is 13.3. The number of nitrogens with zero attached hydrogens (tertiary/aromatic N) is 1. The molecular weight excluding hydrogens is 563 g/mol. The molecule has 0 heterocycles. The fourth-order valence-corrected chi connectivity index (χ4v) is 5.30. The van der Waals surface area contributed by atoms with E-state index in [1.807, 2.05) is 42.5 Å². The van der Waals surface area contributed by atoms with Gasteiger partial charge >= 0.3 is 0 Å². The van der Waals surface area contributed by atoms with Gasteiger partial charge in [0.05, 0.1) is 17.1 Å². The van der Waals surface area contributed by atoms with Gasteiger partial charge < -0.3 is 10.1 Å². The van der Waals surface area contributed by atoms with Gasteiger partial charge in [-0.15, -0.1) is 0 Å². The SMILES string of the molecule is O=C(CN(c1ccc(I)cc1)S(=O)(=O)c1ccccc1)NCCOc1cccc2ccccc12. The molecule has 4 aromatic carbocycles. The number of fused-ring (bicyclic) bond motifs is 1. The molecule has 0 saturated heterocycles. The summed E-state index contributed by atoms with van der Waals surface area (Å²) in [5.41, 5.74) is 0.423. The molecule has 0 bridgehead atoms. The molecule has 34 heavy (non-hydrogen) atoms. The van der Waals surface area contributed by atoms with Crippen LogP contribution in [0.4, 0.5) is 5.69 Å². The first-order valence-corrected chi connectivity index (χ1v) is 13.2. The Morgan fingerprint density at radius 1 is 0.853 bits per heavy atom. The monoisotopic (exact) mass is 586 g/mol. The van der Waals surface area contributed by atoms with Gasteiger partial charge in [-0.2, -0.15) is 0 Å². The van der Waals surface area contributed by atoms with Crippen molar-refractivity contribution in [3.63, 3.8) is 0 Å². The van der Waals surface area contributed by atoms with E-state index in [0.717, 1.165) is 24.4 Å².